The van der Waals surface area contributed by atoms with Crippen LogP contribution in [-0.4, -0.2) is 10.9 Å². The lowest BCUT2D eigenvalue weighted by molar-refractivity contribution is 0.0951. The van der Waals surface area contributed by atoms with Crippen molar-refractivity contribution in [1.82, 2.24) is 10.3 Å². The van der Waals surface area contributed by atoms with Crippen LogP contribution in [0.5, 0.6) is 0 Å². The molecule has 3 rings (SSSR count). The molecule has 0 aliphatic heterocycles. The zero-order valence-corrected chi connectivity index (χ0v) is 12.4. The number of nitrogens with one attached hydrogen (secondary N) is 2. The third kappa shape index (κ3) is 3.05. The van der Waals surface area contributed by atoms with Crippen molar-refractivity contribution >= 4 is 32.9 Å². The molecule has 0 saturated carbocycles. The van der Waals surface area contributed by atoms with Gasteiger partial charge >= 0.3 is 5.76 Å². The summed E-state index contributed by atoms with van der Waals surface area (Å²) in [5, 5.41) is 2.83. The Labute approximate surface area is 128 Å². The number of hydrogen-bond acceptors (Lipinski definition) is 3. The number of halogens is 1. The van der Waals surface area contributed by atoms with Crippen molar-refractivity contribution in [2.24, 2.45) is 0 Å². The number of oxazole rings is 1. The number of H-pyrrole nitrogens is 1. The van der Waals surface area contributed by atoms with Crippen molar-refractivity contribution < 1.29 is 9.21 Å². The lowest BCUT2D eigenvalue weighted by Crippen LogP contribution is -2.22. The Morgan fingerprint density at radius 3 is 2.90 bits per heavy atom. The van der Waals surface area contributed by atoms with Crippen molar-refractivity contribution in [2.45, 2.75) is 6.54 Å². The van der Waals surface area contributed by atoms with Gasteiger partial charge in [0.05, 0.1) is 5.52 Å². The highest BCUT2D eigenvalue weighted by molar-refractivity contribution is 9.10. The van der Waals surface area contributed by atoms with Gasteiger partial charge in [0, 0.05) is 16.6 Å². The number of aromatic amines is 1. The number of carbonyl (C=O) groups excluding carboxylic acids is 1. The predicted octanol–water partition coefficient (Wildman–Crippen LogP) is 2.81. The molecule has 3 aromatic rings. The van der Waals surface area contributed by atoms with Crippen molar-refractivity contribution in [1.29, 1.82) is 0 Å². The van der Waals surface area contributed by atoms with Gasteiger partial charge in [0.2, 0.25) is 0 Å². The summed E-state index contributed by atoms with van der Waals surface area (Å²) in [4.78, 5) is 25.7. The van der Waals surface area contributed by atoms with Gasteiger partial charge in [-0.25, -0.2) is 4.79 Å². The van der Waals surface area contributed by atoms with E-state index >= 15 is 0 Å². The lowest BCUT2D eigenvalue weighted by Gasteiger charge is -2.05. The normalized spacial score (nSPS) is 10.7. The summed E-state index contributed by atoms with van der Waals surface area (Å²) in [6.45, 7) is 0.370. The summed E-state index contributed by atoms with van der Waals surface area (Å²) in [6.07, 6.45) is 0. The summed E-state index contributed by atoms with van der Waals surface area (Å²) in [5.74, 6) is -0.641. The second kappa shape index (κ2) is 5.57. The summed E-state index contributed by atoms with van der Waals surface area (Å²) >= 11 is 3.33. The highest BCUT2D eigenvalue weighted by Crippen LogP contribution is 2.13. The van der Waals surface area contributed by atoms with Crippen LogP contribution >= 0.6 is 15.9 Å². The number of benzene rings is 2. The molecule has 0 spiro atoms. The smallest absolute Gasteiger partial charge is 0.408 e. The standard InChI is InChI=1S/C15H11BrN2O3/c16-11-3-1-2-10(7-11)14(19)17-8-9-4-5-13-12(6-9)18-15(20)21-13/h1-7H,8H2,(H,17,19)(H,18,20). The van der Waals surface area contributed by atoms with Crippen LogP contribution in [0.2, 0.25) is 0 Å². The Kier molecular flexibility index (Phi) is 3.62. The monoisotopic (exact) mass is 346 g/mol. The van der Waals surface area contributed by atoms with Gasteiger partial charge < -0.3 is 9.73 Å². The quantitative estimate of drug-likeness (QED) is 0.765. The first-order chi connectivity index (χ1) is 10.1. The molecule has 0 radical (unpaired) electrons. The molecule has 2 N–H and O–H groups in total. The summed E-state index contributed by atoms with van der Waals surface area (Å²) in [7, 11) is 0. The van der Waals surface area contributed by atoms with Gasteiger partial charge in [-0.1, -0.05) is 28.1 Å². The topological polar surface area (TPSA) is 75.1 Å². The molecule has 0 aliphatic rings. The fourth-order valence-electron chi connectivity index (χ4n) is 2.02. The maximum atomic E-state index is 12.0. The van der Waals surface area contributed by atoms with Gasteiger partial charge in [0.1, 0.15) is 0 Å². The minimum Gasteiger partial charge on any atom is -0.408 e. The van der Waals surface area contributed by atoms with E-state index in [1.54, 1.807) is 36.4 Å². The lowest BCUT2D eigenvalue weighted by atomic mass is 10.2. The zero-order chi connectivity index (χ0) is 14.8. The second-order valence-corrected chi connectivity index (χ2v) is 5.45. The third-order valence-electron chi connectivity index (χ3n) is 3.02. The van der Waals surface area contributed by atoms with E-state index in [-0.39, 0.29) is 5.91 Å². The van der Waals surface area contributed by atoms with Crippen molar-refractivity contribution in [2.75, 3.05) is 0 Å². The Balaban J connectivity index is 1.73. The van der Waals surface area contributed by atoms with Crippen LogP contribution in [0.3, 0.4) is 0 Å². The number of rotatable bonds is 3. The van der Waals surface area contributed by atoms with Crippen LogP contribution in [0.25, 0.3) is 11.1 Å². The molecule has 0 bridgehead atoms. The van der Waals surface area contributed by atoms with E-state index in [1.165, 1.54) is 0 Å². The number of aromatic nitrogens is 1. The molecule has 1 amide bonds. The van der Waals surface area contributed by atoms with E-state index in [1.807, 2.05) is 6.07 Å². The van der Waals surface area contributed by atoms with E-state index in [0.717, 1.165) is 10.0 Å². The molecule has 6 heteroatoms. The fourth-order valence-corrected chi connectivity index (χ4v) is 2.42. The average Bonchev–Trinajstić information content (AvgIpc) is 2.84. The highest BCUT2D eigenvalue weighted by Gasteiger charge is 2.07. The molecule has 5 nitrogen and oxygen atoms in total. The Morgan fingerprint density at radius 2 is 2.10 bits per heavy atom. The van der Waals surface area contributed by atoms with Crippen LogP contribution in [0.4, 0.5) is 0 Å². The fraction of sp³-hybridized carbons (Fsp3) is 0.0667. The van der Waals surface area contributed by atoms with Crippen LogP contribution < -0.4 is 11.1 Å². The molecule has 0 unspecified atom stereocenters. The van der Waals surface area contributed by atoms with Crippen LogP contribution in [0.1, 0.15) is 15.9 Å². The molecule has 0 fully saturated rings. The van der Waals surface area contributed by atoms with Crippen molar-refractivity contribution in [3.05, 3.63) is 68.6 Å². The van der Waals surface area contributed by atoms with Gasteiger partial charge in [0.25, 0.3) is 5.91 Å². The molecule has 0 aliphatic carbocycles. The average molecular weight is 347 g/mol. The van der Waals surface area contributed by atoms with E-state index in [0.29, 0.717) is 23.2 Å². The Morgan fingerprint density at radius 1 is 1.24 bits per heavy atom. The first-order valence-electron chi connectivity index (χ1n) is 6.27. The van der Waals surface area contributed by atoms with Crippen LogP contribution in [-0.2, 0) is 6.54 Å². The number of fused-ring (bicyclic) bond motifs is 1. The third-order valence-corrected chi connectivity index (χ3v) is 3.52. The molecular weight excluding hydrogens is 336 g/mol. The van der Waals surface area contributed by atoms with Gasteiger partial charge in [-0.2, -0.15) is 0 Å². The Hall–Kier alpha value is -2.34. The zero-order valence-electron chi connectivity index (χ0n) is 10.9. The molecule has 21 heavy (non-hydrogen) atoms. The first kappa shape index (κ1) is 13.6. The summed E-state index contributed by atoms with van der Waals surface area (Å²) in [6, 6.07) is 12.5. The molecule has 0 atom stereocenters. The van der Waals surface area contributed by atoms with E-state index in [2.05, 4.69) is 26.2 Å². The van der Waals surface area contributed by atoms with Crippen molar-refractivity contribution in [3.63, 3.8) is 0 Å². The maximum Gasteiger partial charge on any atom is 0.417 e. The number of carbonyl (C=O) groups is 1. The second-order valence-electron chi connectivity index (χ2n) is 4.54. The van der Waals surface area contributed by atoms with Gasteiger partial charge in [-0.15, -0.1) is 0 Å². The highest BCUT2D eigenvalue weighted by atomic mass is 79.9. The summed E-state index contributed by atoms with van der Waals surface area (Å²) < 4.78 is 5.78. The maximum absolute atomic E-state index is 12.0. The summed E-state index contributed by atoms with van der Waals surface area (Å²) in [5.41, 5.74) is 2.58. The van der Waals surface area contributed by atoms with Crippen molar-refractivity contribution in [3.8, 4) is 0 Å². The molecule has 2 aromatic carbocycles. The van der Waals surface area contributed by atoms with E-state index in [9.17, 15) is 9.59 Å². The predicted molar refractivity (Wildman–Crippen MR) is 82.1 cm³/mol. The molecule has 0 saturated heterocycles. The van der Waals surface area contributed by atoms with Gasteiger partial charge in [-0.05, 0) is 35.9 Å². The number of hydrogen-bond donors (Lipinski definition) is 2. The van der Waals surface area contributed by atoms with Gasteiger partial charge in [0.15, 0.2) is 5.58 Å². The Bertz CT molecular complexity index is 866. The number of amides is 1. The van der Waals surface area contributed by atoms with E-state index < -0.39 is 5.76 Å². The minimum atomic E-state index is -0.486. The molecule has 1 heterocycles. The molecular formula is C15H11BrN2O3. The molecule has 106 valence electrons. The van der Waals surface area contributed by atoms with Crippen LogP contribution in [0, 0.1) is 0 Å². The largest absolute Gasteiger partial charge is 0.417 e. The van der Waals surface area contributed by atoms with E-state index in [4.69, 9.17) is 4.42 Å². The van der Waals surface area contributed by atoms with Gasteiger partial charge in [-0.3, -0.25) is 9.78 Å². The minimum absolute atomic E-state index is 0.155. The molecule has 1 aromatic heterocycles. The van der Waals surface area contributed by atoms with Crippen LogP contribution in [0.15, 0.2) is 56.1 Å². The first-order valence-corrected chi connectivity index (χ1v) is 7.06. The SMILES string of the molecule is O=C(NCc1ccc2oc(=O)[nH]c2c1)c1cccc(Br)c1.